The number of halogens is 2. The molecule has 3 aromatic carbocycles. The molecule has 5 rings (SSSR count). The van der Waals surface area contributed by atoms with Crippen molar-refractivity contribution in [1.82, 2.24) is 4.57 Å². The zero-order valence-corrected chi connectivity index (χ0v) is 25.2. The van der Waals surface area contributed by atoms with Gasteiger partial charge in [-0.2, -0.15) is 0 Å². The van der Waals surface area contributed by atoms with Crippen LogP contribution < -0.4 is 29.1 Å². The normalized spacial score (nSPS) is 14.4. The van der Waals surface area contributed by atoms with Crippen molar-refractivity contribution in [1.29, 1.82) is 0 Å². The number of carbonyl (C=O) groups is 1. The molecule has 1 aromatic heterocycles. The molecule has 11 heteroatoms. The first-order valence-electron chi connectivity index (χ1n) is 13.5. The monoisotopic (exact) mass is 622 g/mol. The summed E-state index contributed by atoms with van der Waals surface area (Å²) >= 11 is 7.48. The van der Waals surface area contributed by atoms with Gasteiger partial charge in [-0.05, 0) is 73.5 Å². The van der Waals surface area contributed by atoms with Gasteiger partial charge in [0.1, 0.15) is 18.2 Å². The predicted octanol–water partition coefficient (Wildman–Crippen LogP) is 5.19. The largest absolute Gasteiger partial charge is 0.490 e. The van der Waals surface area contributed by atoms with Crippen LogP contribution >= 0.6 is 22.9 Å². The molecule has 1 aliphatic rings. The number of thiazole rings is 1. The summed E-state index contributed by atoms with van der Waals surface area (Å²) in [5.74, 6) is 0.588. The molecule has 0 aliphatic carbocycles. The van der Waals surface area contributed by atoms with Gasteiger partial charge < -0.3 is 18.9 Å². The van der Waals surface area contributed by atoms with Crippen LogP contribution in [0.25, 0.3) is 6.08 Å². The number of aromatic nitrogens is 1. The van der Waals surface area contributed by atoms with Crippen LogP contribution in [-0.2, 0) is 16.1 Å². The molecular weight excluding hydrogens is 595 g/mol. The smallest absolute Gasteiger partial charge is 0.337 e. The highest BCUT2D eigenvalue weighted by atomic mass is 35.5. The fourth-order valence-corrected chi connectivity index (χ4v) is 5.77. The van der Waals surface area contributed by atoms with E-state index in [0.717, 1.165) is 5.56 Å². The van der Waals surface area contributed by atoms with E-state index in [1.165, 1.54) is 41.3 Å². The molecule has 222 valence electrons. The van der Waals surface area contributed by atoms with Gasteiger partial charge in [0, 0.05) is 16.8 Å². The van der Waals surface area contributed by atoms with Gasteiger partial charge in [-0.1, -0.05) is 41.1 Å². The molecule has 0 bridgehead atoms. The topological polar surface area (TPSA) is 88.4 Å². The average molecular weight is 623 g/mol. The molecule has 0 N–H and O–H groups in total. The SMILES string of the molecule is CCOc1ccc([C@H]2C(C(=O)OC)=CN=c3s/c(=C/c4cc(Cl)ccc4OCc4ccc(F)cc4)c(=O)n32)cc1OCC. The molecule has 43 heavy (non-hydrogen) atoms. The minimum atomic E-state index is -0.825. The van der Waals surface area contributed by atoms with Gasteiger partial charge in [0.05, 0.1) is 36.5 Å². The highest BCUT2D eigenvalue weighted by molar-refractivity contribution is 7.07. The lowest BCUT2D eigenvalue weighted by Gasteiger charge is -2.23. The zero-order valence-electron chi connectivity index (χ0n) is 23.6. The molecule has 0 amide bonds. The second-order valence-corrected chi connectivity index (χ2v) is 10.8. The molecule has 0 fully saturated rings. The Morgan fingerprint density at radius 2 is 1.72 bits per heavy atom. The van der Waals surface area contributed by atoms with Gasteiger partial charge in [0.15, 0.2) is 16.3 Å². The third-order valence-electron chi connectivity index (χ3n) is 6.57. The Labute approximate surface area is 255 Å². The number of nitrogens with zero attached hydrogens (tertiary/aromatic N) is 2. The number of carbonyl (C=O) groups excluding carboxylic acids is 1. The Hall–Kier alpha value is -4.41. The molecule has 8 nitrogen and oxygen atoms in total. The summed E-state index contributed by atoms with van der Waals surface area (Å²) in [6.45, 7) is 4.77. The van der Waals surface area contributed by atoms with Crippen molar-refractivity contribution in [3.05, 3.63) is 120 Å². The fourth-order valence-electron chi connectivity index (χ4n) is 4.63. The first kappa shape index (κ1) is 30.1. The van der Waals surface area contributed by atoms with Crippen molar-refractivity contribution >= 4 is 35.0 Å². The summed E-state index contributed by atoms with van der Waals surface area (Å²) in [6.07, 6.45) is 3.11. The van der Waals surface area contributed by atoms with E-state index < -0.39 is 12.0 Å². The molecule has 0 unspecified atom stereocenters. The second kappa shape index (κ2) is 13.3. The summed E-state index contributed by atoms with van der Waals surface area (Å²) in [5.41, 5.74) is 1.80. The van der Waals surface area contributed by atoms with Gasteiger partial charge in [0.25, 0.3) is 5.56 Å². The maximum absolute atomic E-state index is 14.0. The molecule has 0 radical (unpaired) electrons. The number of hydrogen-bond donors (Lipinski definition) is 0. The van der Waals surface area contributed by atoms with Crippen LogP contribution in [0.2, 0.25) is 5.02 Å². The van der Waals surface area contributed by atoms with Gasteiger partial charge in [-0.25, -0.2) is 14.2 Å². The van der Waals surface area contributed by atoms with E-state index in [1.54, 1.807) is 54.6 Å². The number of esters is 1. The van der Waals surface area contributed by atoms with Crippen LogP contribution in [0.1, 0.15) is 36.6 Å². The van der Waals surface area contributed by atoms with Crippen molar-refractivity contribution < 1.29 is 28.1 Å². The van der Waals surface area contributed by atoms with Crippen LogP contribution in [0, 0.1) is 5.82 Å². The molecule has 0 saturated carbocycles. The van der Waals surface area contributed by atoms with Crippen LogP contribution in [0.4, 0.5) is 4.39 Å². The molecular formula is C32H28ClFN2O6S. The maximum atomic E-state index is 14.0. The third kappa shape index (κ3) is 6.50. The summed E-state index contributed by atoms with van der Waals surface area (Å²) in [7, 11) is 1.28. The third-order valence-corrected chi connectivity index (χ3v) is 7.81. The lowest BCUT2D eigenvalue weighted by atomic mass is 9.97. The van der Waals surface area contributed by atoms with Crippen LogP contribution in [-0.4, -0.2) is 30.9 Å². The fraction of sp³-hybridized carbons (Fsp3) is 0.219. The lowest BCUT2D eigenvalue weighted by Crippen LogP contribution is -2.39. The molecule has 0 saturated heterocycles. The standard InChI is InChI=1S/C32H28ClFN2O6S/c1-4-40-26-12-8-20(15-27(26)41-5-2)29-24(31(38)39-3)17-35-32-36(29)30(37)28(43-32)16-21-14-22(33)9-13-25(21)42-18-19-6-10-23(34)11-7-19/h6-17,29H,4-5,18H2,1-3H3/b28-16+/t29-/m0/s1. The summed E-state index contributed by atoms with van der Waals surface area (Å²) in [6, 6.07) is 15.6. The minimum Gasteiger partial charge on any atom is -0.490 e. The van der Waals surface area contributed by atoms with Crippen molar-refractivity contribution in [3.8, 4) is 17.2 Å². The van der Waals surface area contributed by atoms with Crippen LogP contribution in [0.15, 0.2) is 82.2 Å². The molecule has 1 atom stereocenters. The lowest BCUT2D eigenvalue weighted by molar-refractivity contribution is -0.136. The van der Waals surface area contributed by atoms with E-state index in [2.05, 4.69) is 4.99 Å². The number of methoxy groups -OCH3 is 1. The van der Waals surface area contributed by atoms with Gasteiger partial charge in [-0.15, -0.1) is 0 Å². The Morgan fingerprint density at radius 1 is 1.00 bits per heavy atom. The zero-order chi connectivity index (χ0) is 30.5. The van der Waals surface area contributed by atoms with Crippen molar-refractivity contribution in [3.63, 3.8) is 0 Å². The highest BCUT2D eigenvalue weighted by Crippen LogP contribution is 2.35. The molecule has 4 aromatic rings. The van der Waals surface area contributed by atoms with Crippen molar-refractivity contribution in [2.75, 3.05) is 20.3 Å². The number of rotatable bonds is 10. The van der Waals surface area contributed by atoms with Gasteiger partial charge in [0.2, 0.25) is 0 Å². The van der Waals surface area contributed by atoms with E-state index in [9.17, 15) is 14.0 Å². The Morgan fingerprint density at radius 3 is 2.44 bits per heavy atom. The van der Waals surface area contributed by atoms with Gasteiger partial charge >= 0.3 is 5.97 Å². The van der Waals surface area contributed by atoms with Gasteiger partial charge in [-0.3, -0.25) is 9.36 Å². The molecule has 2 heterocycles. The molecule has 1 aliphatic heterocycles. The molecule has 0 spiro atoms. The highest BCUT2D eigenvalue weighted by Gasteiger charge is 2.31. The first-order chi connectivity index (χ1) is 20.8. The van der Waals surface area contributed by atoms with E-state index in [4.69, 9.17) is 30.5 Å². The predicted molar refractivity (Wildman–Crippen MR) is 162 cm³/mol. The van der Waals surface area contributed by atoms with E-state index in [0.29, 0.717) is 55.9 Å². The summed E-state index contributed by atoms with van der Waals surface area (Å²) < 4.78 is 37.7. The van der Waals surface area contributed by atoms with Crippen LogP contribution in [0.5, 0.6) is 17.2 Å². The quantitative estimate of drug-likeness (QED) is 0.226. The summed E-state index contributed by atoms with van der Waals surface area (Å²) in [5, 5.41) is 0.455. The number of benzene rings is 3. The van der Waals surface area contributed by atoms with Crippen molar-refractivity contribution in [2.45, 2.75) is 26.5 Å². The average Bonchev–Trinajstić information content (AvgIpc) is 3.32. The Balaban J connectivity index is 1.60. The Bertz CT molecular complexity index is 1870. The number of hydrogen-bond acceptors (Lipinski definition) is 8. The number of fused-ring (bicyclic) bond motifs is 1. The number of ether oxygens (including phenoxy) is 4. The van der Waals surface area contributed by atoms with Crippen molar-refractivity contribution in [2.24, 2.45) is 4.99 Å². The maximum Gasteiger partial charge on any atom is 0.337 e. The van der Waals surface area contributed by atoms with Crippen LogP contribution in [0.3, 0.4) is 0 Å². The van der Waals surface area contributed by atoms with E-state index in [-0.39, 0.29) is 23.6 Å². The minimum absolute atomic E-state index is 0.187. The van der Waals surface area contributed by atoms with E-state index in [1.807, 2.05) is 13.8 Å². The first-order valence-corrected chi connectivity index (χ1v) is 14.7. The van der Waals surface area contributed by atoms with E-state index >= 15 is 0 Å². The second-order valence-electron chi connectivity index (χ2n) is 9.35. The Kier molecular flexibility index (Phi) is 9.27. The summed E-state index contributed by atoms with van der Waals surface area (Å²) in [4.78, 5) is 31.7.